The molecule has 2 aliphatic heterocycles. The Hall–Kier alpha value is -3.58. The fourth-order valence-electron chi connectivity index (χ4n) is 4.34. The first-order valence-electron chi connectivity index (χ1n) is 11.2. The number of thiocarbonyl (C=S) groups is 1. The number of carboxylic acid groups (broad SMARTS) is 1. The molecule has 0 saturated carbocycles. The van der Waals surface area contributed by atoms with Gasteiger partial charge in [-0.1, -0.05) is 17.4 Å². The zero-order valence-corrected chi connectivity index (χ0v) is 25.3. The number of nitrogen functional groups attached to an aromatic ring is 1. The van der Waals surface area contributed by atoms with Crippen molar-refractivity contribution in [3.05, 3.63) is 48.5 Å². The number of anilines is 1. The van der Waals surface area contributed by atoms with Crippen LogP contribution in [0.15, 0.2) is 37.6 Å². The number of aromatic hydroxyl groups is 2. The van der Waals surface area contributed by atoms with Crippen molar-refractivity contribution in [2.24, 2.45) is 5.16 Å². The topological polar surface area (TPSA) is 205 Å². The first-order valence-corrected chi connectivity index (χ1v) is 15.2. The number of carbonyl (C=O) groups is 3. The summed E-state index contributed by atoms with van der Waals surface area (Å²) in [7, 11) is 1.22. The van der Waals surface area contributed by atoms with Crippen molar-refractivity contribution in [1.29, 1.82) is 0 Å². The van der Waals surface area contributed by atoms with Gasteiger partial charge in [0.05, 0.1) is 9.35 Å². The molecule has 3 aromatic rings. The van der Waals surface area contributed by atoms with Gasteiger partial charge in [0.2, 0.25) is 5.43 Å². The van der Waals surface area contributed by atoms with Gasteiger partial charge in [-0.2, -0.15) is 0 Å². The fraction of sp³-hybridized carbons (Fsp3) is 0.174. The quantitative estimate of drug-likeness (QED) is 0.0792. The Morgan fingerprint density at radius 2 is 2.05 bits per heavy atom. The summed E-state index contributed by atoms with van der Waals surface area (Å²) in [6, 6.07) is 2.32. The molecule has 4 heterocycles. The predicted molar refractivity (Wildman–Crippen MR) is 161 cm³/mol. The number of oxime groups is 1. The monoisotopic (exact) mass is 697 g/mol. The highest BCUT2D eigenvalue weighted by atomic mass is 79.9. The predicted octanol–water partition coefficient (Wildman–Crippen LogP) is 2.09. The van der Waals surface area contributed by atoms with E-state index in [0.717, 1.165) is 50.8 Å². The molecule has 13 nitrogen and oxygen atoms in total. The number of hydrogen-bond donors (Lipinski definition) is 5. The molecule has 41 heavy (non-hydrogen) atoms. The van der Waals surface area contributed by atoms with Crippen molar-refractivity contribution >= 4 is 112 Å². The van der Waals surface area contributed by atoms with Gasteiger partial charge in [0, 0.05) is 38.2 Å². The van der Waals surface area contributed by atoms with Gasteiger partial charge in [0.1, 0.15) is 23.9 Å². The maximum absolute atomic E-state index is 13.6. The number of carbonyl (C=O) groups excluding carboxylic acids is 2. The summed E-state index contributed by atoms with van der Waals surface area (Å²) in [6.07, 6.45) is 0. The summed E-state index contributed by atoms with van der Waals surface area (Å²) in [4.78, 5) is 62.5. The molecule has 1 saturated heterocycles. The Morgan fingerprint density at radius 1 is 1.34 bits per heavy atom. The summed E-state index contributed by atoms with van der Waals surface area (Å²) in [5, 5.41) is 38.1. The number of aromatic nitrogens is 1. The van der Waals surface area contributed by atoms with Gasteiger partial charge in [-0.15, -0.1) is 34.4 Å². The molecule has 0 unspecified atom stereocenters. The lowest BCUT2D eigenvalue weighted by Crippen LogP contribution is -2.80. The molecule has 18 heteroatoms. The highest BCUT2D eigenvalue weighted by Gasteiger charge is 2.65. The second-order valence-electron chi connectivity index (χ2n) is 8.52. The minimum absolute atomic E-state index is 0.0165. The number of thioether (sulfide) groups is 1. The first kappa shape index (κ1) is 28.9. The Bertz CT molecular complexity index is 1800. The summed E-state index contributed by atoms with van der Waals surface area (Å²) in [6.45, 7) is 0. The van der Waals surface area contributed by atoms with E-state index in [-0.39, 0.29) is 47.3 Å². The van der Waals surface area contributed by atoms with Crippen LogP contribution in [-0.4, -0.2) is 77.8 Å². The fourth-order valence-corrected chi connectivity index (χ4v) is 8.62. The molecule has 1 fully saturated rings. The number of carboxylic acids is 1. The molecule has 0 spiro atoms. The van der Waals surface area contributed by atoms with E-state index in [4.69, 9.17) is 22.8 Å². The Labute approximate surface area is 255 Å². The van der Waals surface area contributed by atoms with Gasteiger partial charge in [-0.3, -0.25) is 19.3 Å². The summed E-state index contributed by atoms with van der Waals surface area (Å²) < 4.78 is 0.314. The zero-order valence-electron chi connectivity index (χ0n) is 20.4. The van der Waals surface area contributed by atoms with Crippen molar-refractivity contribution in [2.45, 2.75) is 10.9 Å². The van der Waals surface area contributed by atoms with Gasteiger partial charge in [0.15, 0.2) is 27.9 Å². The van der Waals surface area contributed by atoms with Crippen LogP contribution in [0, 0.1) is 0 Å². The summed E-state index contributed by atoms with van der Waals surface area (Å²) in [5.74, 6) is -4.02. The molecule has 0 aliphatic carbocycles. The Morgan fingerprint density at radius 3 is 2.66 bits per heavy atom. The highest BCUT2D eigenvalue weighted by molar-refractivity contribution is 9.10. The van der Waals surface area contributed by atoms with Gasteiger partial charge in [0.25, 0.3) is 11.8 Å². The maximum Gasteiger partial charge on any atom is 0.353 e. The van der Waals surface area contributed by atoms with Crippen LogP contribution >= 0.6 is 62.6 Å². The van der Waals surface area contributed by atoms with Crippen LogP contribution in [0.4, 0.5) is 5.13 Å². The second-order valence-corrected chi connectivity index (χ2v) is 12.6. The summed E-state index contributed by atoms with van der Waals surface area (Å²) in [5.41, 5.74) is 2.97. The van der Waals surface area contributed by atoms with Crippen molar-refractivity contribution in [1.82, 2.24) is 15.2 Å². The van der Waals surface area contributed by atoms with Crippen LogP contribution in [0.5, 0.6) is 11.5 Å². The van der Waals surface area contributed by atoms with E-state index >= 15 is 0 Å². The third kappa shape index (κ3) is 4.55. The van der Waals surface area contributed by atoms with E-state index in [2.05, 4.69) is 31.4 Å². The Kier molecular flexibility index (Phi) is 7.53. The smallest absolute Gasteiger partial charge is 0.353 e. The number of amides is 2. The molecule has 0 radical (unpaired) electrons. The second kappa shape index (κ2) is 10.7. The number of nitrogens with zero attached hydrogens (tertiary/aromatic N) is 3. The number of phenols is 2. The average molecular weight is 699 g/mol. The number of rotatable bonds is 7. The summed E-state index contributed by atoms with van der Waals surface area (Å²) >= 11 is 11.6. The average Bonchev–Trinajstić information content (AvgIpc) is 3.37. The van der Waals surface area contributed by atoms with Crippen LogP contribution in [-0.2, 0) is 19.2 Å². The van der Waals surface area contributed by atoms with Crippen molar-refractivity contribution in [3.8, 4) is 11.5 Å². The van der Waals surface area contributed by atoms with E-state index in [9.17, 15) is 34.5 Å². The van der Waals surface area contributed by atoms with E-state index in [1.165, 1.54) is 18.6 Å². The number of halogens is 1. The maximum atomic E-state index is 13.6. The SMILES string of the molecule is CO/N=C(\C(=O)N[C@]1(C=S)C(=O)N2C(C(=O)O)=C(c3sc4cc(O)c(O)cc4c(=O)c3Br)CS[C@H]21)c1csc(N)n1. The number of aliphatic carboxylic acids is 1. The zero-order chi connectivity index (χ0) is 29.8. The van der Waals surface area contributed by atoms with E-state index < -0.39 is 51.3 Å². The van der Waals surface area contributed by atoms with Gasteiger partial charge < -0.3 is 31.2 Å². The molecule has 212 valence electrons. The van der Waals surface area contributed by atoms with E-state index in [1.54, 1.807) is 0 Å². The molecule has 2 amide bonds. The van der Waals surface area contributed by atoms with Gasteiger partial charge in [-0.05, 0) is 22.0 Å². The minimum atomic E-state index is -1.77. The lowest BCUT2D eigenvalue weighted by atomic mass is 9.87. The Balaban J connectivity index is 1.56. The first-order chi connectivity index (χ1) is 19.4. The van der Waals surface area contributed by atoms with Crippen LogP contribution in [0.2, 0.25) is 0 Å². The lowest BCUT2D eigenvalue weighted by Gasteiger charge is -2.55. The highest BCUT2D eigenvalue weighted by Crippen LogP contribution is 2.49. The molecular weight excluding hydrogens is 682 g/mol. The molecule has 0 bridgehead atoms. The minimum Gasteiger partial charge on any atom is -0.504 e. The van der Waals surface area contributed by atoms with Crippen molar-refractivity contribution in [2.75, 3.05) is 18.6 Å². The van der Waals surface area contributed by atoms with E-state index in [1.807, 2.05) is 0 Å². The van der Waals surface area contributed by atoms with Gasteiger partial charge >= 0.3 is 5.97 Å². The third-order valence-corrected chi connectivity index (χ3v) is 10.8. The van der Waals surface area contributed by atoms with Gasteiger partial charge in [-0.25, -0.2) is 9.78 Å². The normalized spacial score (nSPS) is 20.4. The van der Waals surface area contributed by atoms with Crippen molar-refractivity contribution in [3.63, 3.8) is 0 Å². The molecule has 2 aromatic heterocycles. The van der Waals surface area contributed by atoms with Crippen LogP contribution in [0.25, 0.3) is 15.7 Å². The number of fused-ring (bicyclic) bond motifs is 2. The molecule has 5 rings (SSSR count). The van der Waals surface area contributed by atoms with Crippen molar-refractivity contribution < 1.29 is 34.5 Å². The molecule has 2 aliphatic rings. The number of thiazole rings is 1. The molecular formula is C23H16BrN5O8S4. The third-order valence-electron chi connectivity index (χ3n) is 6.19. The number of benzene rings is 1. The number of β-lactam (4-membered cyclic amide) rings is 1. The van der Waals surface area contributed by atoms with Crippen LogP contribution < -0.4 is 16.5 Å². The van der Waals surface area contributed by atoms with E-state index in [0.29, 0.717) is 0 Å². The number of nitrogens with one attached hydrogen (secondary N) is 1. The lowest BCUT2D eigenvalue weighted by molar-refractivity contribution is -0.153. The van der Waals surface area contributed by atoms with Crippen LogP contribution in [0.3, 0.4) is 0 Å². The largest absolute Gasteiger partial charge is 0.504 e. The number of phenolic OH excluding ortho intramolecular Hbond substituents is 2. The van der Waals surface area contributed by atoms with Crippen LogP contribution in [0.1, 0.15) is 10.6 Å². The molecule has 6 N–H and O–H groups in total. The molecule has 1 aromatic carbocycles. The molecule has 2 atom stereocenters. The number of hydrogen-bond acceptors (Lipinski definition) is 14. The number of nitrogens with two attached hydrogens (primary N) is 1. The standard InChI is InChI=1S/C23H16BrN5O8S4/c1-37-28-14(9-5-40-22(25)26-9)18(33)27-23(6-38)20(36)29-15(19(34)35)8(4-39-21(23)29)17-13(24)16(32)7-2-10(30)11(31)3-12(7)41-17/h2-3,5-6,21,30-31H,4H2,1H3,(H2,25,26)(H,27,33)(H,34,35)/b28-14-/t21-,23+/m0/s1.